The van der Waals surface area contributed by atoms with E-state index in [9.17, 15) is 0 Å². The van der Waals surface area contributed by atoms with Crippen molar-refractivity contribution in [3.8, 4) is 0 Å². The summed E-state index contributed by atoms with van der Waals surface area (Å²) in [7, 11) is 3.65. The summed E-state index contributed by atoms with van der Waals surface area (Å²) in [5, 5.41) is 12.0. The Hall–Kier alpha value is -2.10. The van der Waals surface area contributed by atoms with Crippen molar-refractivity contribution >= 4 is 40.8 Å². The minimum absolute atomic E-state index is 0. The molecule has 140 valence electrons. The SMILES string of the molecule is CCc1cccc2c(CCNC(=NC)NCc3ncnn3C)c[nH]c12.I. The maximum atomic E-state index is 4.25. The molecule has 8 heteroatoms. The number of fused-ring (bicyclic) bond motifs is 1. The Labute approximate surface area is 170 Å². The van der Waals surface area contributed by atoms with Crippen LogP contribution in [-0.4, -0.2) is 39.3 Å². The zero-order valence-corrected chi connectivity index (χ0v) is 17.7. The lowest BCUT2D eigenvalue weighted by molar-refractivity contribution is 0.672. The molecule has 3 aromatic rings. The molecule has 2 aromatic heterocycles. The summed E-state index contributed by atoms with van der Waals surface area (Å²) < 4.78 is 1.75. The van der Waals surface area contributed by atoms with Gasteiger partial charge in [0.15, 0.2) is 5.96 Å². The topological polar surface area (TPSA) is 82.9 Å². The Kier molecular flexibility index (Phi) is 7.43. The van der Waals surface area contributed by atoms with Gasteiger partial charge in [0.2, 0.25) is 0 Å². The van der Waals surface area contributed by atoms with Crippen molar-refractivity contribution in [2.45, 2.75) is 26.3 Å². The monoisotopic (exact) mass is 467 g/mol. The van der Waals surface area contributed by atoms with Gasteiger partial charge in [0, 0.05) is 37.7 Å². The average Bonchev–Trinajstić information content (AvgIpc) is 3.24. The number of halogens is 1. The number of nitrogens with one attached hydrogen (secondary N) is 3. The van der Waals surface area contributed by atoms with Crippen LogP contribution in [0, 0.1) is 0 Å². The van der Waals surface area contributed by atoms with E-state index in [4.69, 9.17) is 0 Å². The van der Waals surface area contributed by atoms with Gasteiger partial charge in [0.25, 0.3) is 0 Å². The Bertz CT molecular complexity index is 865. The molecule has 0 saturated heterocycles. The highest BCUT2D eigenvalue weighted by molar-refractivity contribution is 14.0. The summed E-state index contributed by atoms with van der Waals surface area (Å²) in [6, 6.07) is 6.49. The van der Waals surface area contributed by atoms with E-state index in [1.807, 2.05) is 7.05 Å². The van der Waals surface area contributed by atoms with Gasteiger partial charge < -0.3 is 15.6 Å². The largest absolute Gasteiger partial charge is 0.361 e. The van der Waals surface area contributed by atoms with Gasteiger partial charge in [-0.3, -0.25) is 9.67 Å². The molecular formula is C18H26IN7. The van der Waals surface area contributed by atoms with Crippen LogP contribution in [0.1, 0.15) is 23.9 Å². The number of aliphatic imine (C=N–C) groups is 1. The van der Waals surface area contributed by atoms with Crippen molar-refractivity contribution in [1.29, 1.82) is 0 Å². The lowest BCUT2D eigenvalue weighted by Gasteiger charge is -2.11. The van der Waals surface area contributed by atoms with Gasteiger partial charge in [-0.15, -0.1) is 24.0 Å². The van der Waals surface area contributed by atoms with Gasteiger partial charge in [-0.1, -0.05) is 25.1 Å². The molecule has 0 amide bonds. The van der Waals surface area contributed by atoms with Gasteiger partial charge in [-0.2, -0.15) is 5.10 Å². The molecule has 0 radical (unpaired) electrons. The van der Waals surface area contributed by atoms with E-state index in [0.717, 1.165) is 31.2 Å². The lowest BCUT2D eigenvalue weighted by atomic mass is 10.1. The molecular weight excluding hydrogens is 441 g/mol. The second kappa shape index (κ2) is 9.56. The Balaban J connectivity index is 0.00000243. The minimum atomic E-state index is 0. The first kappa shape index (κ1) is 20.2. The molecule has 1 aromatic carbocycles. The second-order valence-electron chi connectivity index (χ2n) is 5.91. The number of aromatic nitrogens is 4. The normalized spacial score (nSPS) is 11.4. The molecule has 3 rings (SSSR count). The molecule has 0 aliphatic carbocycles. The number of para-hydroxylation sites is 1. The number of hydrogen-bond acceptors (Lipinski definition) is 3. The third-order valence-electron chi connectivity index (χ3n) is 4.40. The number of nitrogens with zero attached hydrogens (tertiary/aromatic N) is 4. The molecule has 0 unspecified atom stereocenters. The molecule has 0 atom stereocenters. The molecule has 7 nitrogen and oxygen atoms in total. The Morgan fingerprint density at radius 3 is 2.81 bits per heavy atom. The zero-order valence-electron chi connectivity index (χ0n) is 15.4. The molecule has 3 N–H and O–H groups in total. The first-order valence-corrected chi connectivity index (χ1v) is 8.58. The van der Waals surface area contributed by atoms with Gasteiger partial charge in [0.1, 0.15) is 12.2 Å². The smallest absolute Gasteiger partial charge is 0.191 e. The van der Waals surface area contributed by atoms with Crippen molar-refractivity contribution in [2.24, 2.45) is 12.0 Å². The predicted molar refractivity (Wildman–Crippen MR) is 116 cm³/mol. The highest BCUT2D eigenvalue weighted by Gasteiger charge is 2.07. The van der Waals surface area contributed by atoms with Crippen molar-refractivity contribution in [3.63, 3.8) is 0 Å². The van der Waals surface area contributed by atoms with Crippen LogP contribution in [0.2, 0.25) is 0 Å². The maximum absolute atomic E-state index is 4.25. The molecule has 0 aliphatic rings. The molecule has 2 heterocycles. The Morgan fingerprint density at radius 1 is 1.27 bits per heavy atom. The lowest BCUT2D eigenvalue weighted by Crippen LogP contribution is -2.38. The van der Waals surface area contributed by atoms with E-state index in [-0.39, 0.29) is 24.0 Å². The minimum Gasteiger partial charge on any atom is -0.361 e. The van der Waals surface area contributed by atoms with Crippen molar-refractivity contribution in [3.05, 3.63) is 47.7 Å². The fourth-order valence-electron chi connectivity index (χ4n) is 2.96. The third kappa shape index (κ3) is 4.54. The third-order valence-corrected chi connectivity index (χ3v) is 4.40. The summed E-state index contributed by atoms with van der Waals surface area (Å²) in [6.45, 7) is 3.58. The second-order valence-corrected chi connectivity index (χ2v) is 5.91. The van der Waals surface area contributed by atoms with E-state index < -0.39 is 0 Å². The van der Waals surface area contributed by atoms with Crippen molar-refractivity contribution < 1.29 is 0 Å². The van der Waals surface area contributed by atoms with Gasteiger partial charge in [0.05, 0.1) is 6.54 Å². The number of H-pyrrole nitrogens is 1. The van der Waals surface area contributed by atoms with E-state index in [2.05, 4.69) is 62.0 Å². The maximum Gasteiger partial charge on any atom is 0.191 e. The molecule has 26 heavy (non-hydrogen) atoms. The fraction of sp³-hybridized carbons (Fsp3) is 0.389. The van der Waals surface area contributed by atoms with Crippen LogP contribution in [0.25, 0.3) is 10.9 Å². The van der Waals surface area contributed by atoms with E-state index in [1.165, 1.54) is 22.0 Å². The van der Waals surface area contributed by atoms with E-state index in [0.29, 0.717) is 6.54 Å². The predicted octanol–water partition coefficient (Wildman–Crippen LogP) is 2.38. The highest BCUT2D eigenvalue weighted by Crippen LogP contribution is 2.22. The van der Waals surface area contributed by atoms with Crippen LogP contribution in [0.5, 0.6) is 0 Å². The number of aromatic amines is 1. The van der Waals surface area contributed by atoms with Crippen molar-refractivity contribution in [1.82, 2.24) is 30.4 Å². The number of benzene rings is 1. The molecule has 0 fully saturated rings. The van der Waals surface area contributed by atoms with Crippen LogP contribution < -0.4 is 10.6 Å². The quantitative estimate of drug-likeness (QED) is 0.296. The summed E-state index contributed by atoms with van der Waals surface area (Å²) in [5.74, 6) is 1.63. The molecule has 0 bridgehead atoms. The summed E-state index contributed by atoms with van der Waals surface area (Å²) in [6.07, 6.45) is 5.63. The number of guanidine groups is 1. The number of hydrogen-bond donors (Lipinski definition) is 3. The first-order chi connectivity index (χ1) is 12.2. The first-order valence-electron chi connectivity index (χ1n) is 8.58. The Morgan fingerprint density at radius 2 is 2.12 bits per heavy atom. The molecule has 0 spiro atoms. The standard InChI is InChI=1S/C18H25N7.HI/c1-4-13-6-5-7-15-14(10-21-17(13)15)8-9-20-18(19-2)22-11-16-23-12-24-25(16)3;/h5-7,10,12,21H,4,8-9,11H2,1-3H3,(H2,19,20,22);1H. The number of rotatable bonds is 6. The van der Waals surface area contributed by atoms with E-state index in [1.54, 1.807) is 18.1 Å². The van der Waals surface area contributed by atoms with E-state index >= 15 is 0 Å². The van der Waals surface area contributed by atoms with Gasteiger partial charge in [-0.25, -0.2) is 4.98 Å². The number of aryl methyl sites for hydroxylation is 2. The van der Waals surface area contributed by atoms with Crippen LogP contribution in [-0.2, 0) is 26.4 Å². The summed E-state index contributed by atoms with van der Waals surface area (Å²) >= 11 is 0. The van der Waals surface area contributed by atoms with Crippen LogP contribution in [0.3, 0.4) is 0 Å². The van der Waals surface area contributed by atoms with Gasteiger partial charge >= 0.3 is 0 Å². The van der Waals surface area contributed by atoms with Gasteiger partial charge in [-0.05, 0) is 24.0 Å². The van der Waals surface area contributed by atoms with Crippen LogP contribution in [0.15, 0.2) is 35.7 Å². The van der Waals surface area contributed by atoms with Crippen LogP contribution in [0.4, 0.5) is 0 Å². The van der Waals surface area contributed by atoms with Crippen molar-refractivity contribution in [2.75, 3.05) is 13.6 Å². The molecule has 0 aliphatic heterocycles. The summed E-state index contributed by atoms with van der Waals surface area (Å²) in [5.41, 5.74) is 3.93. The average molecular weight is 467 g/mol. The molecule has 0 saturated carbocycles. The summed E-state index contributed by atoms with van der Waals surface area (Å²) in [4.78, 5) is 11.9. The highest BCUT2D eigenvalue weighted by atomic mass is 127. The fourth-order valence-corrected chi connectivity index (χ4v) is 2.96. The zero-order chi connectivity index (χ0) is 17.6. The van der Waals surface area contributed by atoms with Crippen LogP contribution >= 0.6 is 24.0 Å².